The lowest BCUT2D eigenvalue weighted by Gasteiger charge is -2.18. The van der Waals surface area contributed by atoms with Gasteiger partial charge in [0.05, 0.1) is 11.1 Å². The van der Waals surface area contributed by atoms with E-state index in [1.807, 2.05) is 24.3 Å². The van der Waals surface area contributed by atoms with Crippen molar-refractivity contribution in [2.75, 3.05) is 17.6 Å². The molecule has 0 atom stereocenters. The van der Waals surface area contributed by atoms with Gasteiger partial charge >= 0.3 is 0 Å². The number of nitrogens with zero attached hydrogens (tertiary/aromatic N) is 2. The highest BCUT2D eigenvalue weighted by molar-refractivity contribution is 5.89. The molecule has 2 aromatic rings. The van der Waals surface area contributed by atoms with Gasteiger partial charge in [0.1, 0.15) is 5.82 Å². The first kappa shape index (κ1) is 11.6. The molecule has 0 aliphatic carbocycles. The molecule has 1 heterocycles. The van der Waals surface area contributed by atoms with Crippen LogP contribution in [0.5, 0.6) is 0 Å². The topological polar surface area (TPSA) is 84.1 Å². The Morgan fingerprint density at radius 2 is 2.00 bits per heavy atom. The normalized spacial score (nSPS) is 11.7. The molecule has 1 aromatic heterocycles. The molecule has 90 valence electrons. The van der Waals surface area contributed by atoms with E-state index in [-0.39, 0.29) is 5.95 Å². The number of hydrogen-bond donors (Lipinski definition) is 3. The molecular formula is C12H16N4O. The molecule has 1 aromatic carbocycles. The van der Waals surface area contributed by atoms with Crippen LogP contribution in [-0.2, 0) is 0 Å². The van der Waals surface area contributed by atoms with Gasteiger partial charge in [0.2, 0.25) is 5.95 Å². The summed E-state index contributed by atoms with van der Waals surface area (Å²) in [4.78, 5) is 8.29. The monoisotopic (exact) mass is 232 g/mol. The van der Waals surface area contributed by atoms with Gasteiger partial charge in [0, 0.05) is 11.9 Å². The number of hydrogen-bond acceptors (Lipinski definition) is 5. The molecule has 17 heavy (non-hydrogen) atoms. The summed E-state index contributed by atoms with van der Waals surface area (Å²) in [5.74, 6) is 0.872. The SMILES string of the molecule is CC(C)(O)CNc1nc(N)nc2ccccc12. The summed E-state index contributed by atoms with van der Waals surface area (Å²) in [6.45, 7) is 3.85. The number of aromatic nitrogens is 2. The number of aliphatic hydroxyl groups is 1. The van der Waals surface area contributed by atoms with E-state index in [4.69, 9.17) is 5.73 Å². The average molecular weight is 232 g/mol. The van der Waals surface area contributed by atoms with Crippen LogP contribution in [0, 0.1) is 0 Å². The molecule has 2 rings (SSSR count). The predicted molar refractivity (Wildman–Crippen MR) is 68.7 cm³/mol. The minimum Gasteiger partial charge on any atom is -0.389 e. The van der Waals surface area contributed by atoms with Crippen LogP contribution in [0.1, 0.15) is 13.8 Å². The third-order valence-corrected chi connectivity index (χ3v) is 2.31. The van der Waals surface area contributed by atoms with Crippen molar-refractivity contribution in [2.45, 2.75) is 19.4 Å². The minimum absolute atomic E-state index is 0.224. The summed E-state index contributed by atoms with van der Waals surface area (Å²) in [7, 11) is 0. The average Bonchev–Trinajstić information content (AvgIpc) is 2.24. The third kappa shape index (κ3) is 2.82. The quantitative estimate of drug-likeness (QED) is 0.744. The first-order chi connectivity index (χ1) is 7.96. The van der Waals surface area contributed by atoms with Crippen molar-refractivity contribution in [3.63, 3.8) is 0 Å². The molecule has 0 aliphatic heterocycles. The molecule has 0 unspecified atom stereocenters. The van der Waals surface area contributed by atoms with Crippen LogP contribution in [0.2, 0.25) is 0 Å². The van der Waals surface area contributed by atoms with Gasteiger partial charge in [0.15, 0.2) is 0 Å². The zero-order valence-electron chi connectivity index (χ0n) is 9.94. The zero-order valence-corrected chi connectivity index (χ0v) is 9.94. The van der Waals surface area contributed by atoms with E-state index in [9.17, 15) is 5.11 Å². The van der Waals surface area contributed by atoms with Crippen molar-refractivity contribution in [3.05, 3.63) is 24.3 Å². The van der Waals surface area contributed by atoms with Crippen molar-refractivity contribution in [1.82, 2.24) is 9.97 Å². The Hall–Kier alpha value is -1.88. The van der Waals surface area contributed by atoms with Gasteiger partial charge < -0.3 is 16.2 Å². The third-order valence-electron chi connectivity index (χ3n) is 2.31. The van der Waals surface area contributed by atoms with Gasteiger partial charge in [0.25, 0.3) is 0 Å². The van der Waals surface area contributed by atoms with E-state index in [0.29, 0.717) is 12.4 Å². The highest BCUT2D eigenvalue weighted by Crippen LogP contribution is 2.21. The van der Waals surface area contributed by atoms with E-state index in [2.05, 4.69) is 15.3 Å². The number of para-hydroxylation sites is 1. The number of nitrogens with two attached hydrogens (primary N) is 1. The maximum Gasteiger partial charge on any atom is 0.222 e. The fourth-order valence-electron chi connectivity index (χ4n) is 1.53. The summed E-state index contributed by atoms with van der Waals surface area (Å²) in [6, 6.07) is 7.61. The second-order valence-electron chi connectivity index (χ2n) is 4.61. The summed E-state index contributed by atoms with van der Waals surface area (Å²) in [6.07, 6.45) is 0. The van der Waals surface area contributed by atoms with Crippen LogP contribution in [0.25, 0.3) is 10.9 Å². The first-order valence-electron chi connectivity index (χ1n) is 5.44. The number of nitrogen functional groups attached to an aromatic ring is 1. The van der Waals surface area contributed by atoms with E-state index in [1.54, 1.807) is 13.8 Å². The summed E-state index contributed by atoms with van der Waals surface area (Å²) in [5, 5.41) is 13.7. The fraction of sp³-hybridized carbons (Fsp3) is 0.333. The number of nitrogens with one attached hydrogen (secondary N) is 1. The summed E-state index contributed by atoms with van der Waals surface area (Å²) in [5.41, 5.74) is 5.62. The lowest BCUT2D eigenvalue weighted by atomic mass is 10.1. The smallest absolute Gasteiger partial charge is 0.222 e. The minimum atomic E-state index is -0.805. The highest BCUT2D eigenvalue weighted by atomic mass is 16.3. The zero-order chi connectivity index (χ0) is 12.5. The van der Waals surface area contributed by atoms with Crippen LogP contribution in [-0.4, -0.2) is 27.2 Å². The Bertz CT molecular complexity index is 534. The number of rotatable bonds is 3. The molecule has 5 nitrogen and oxygen atoms in total. The van der Waals surface area contributed by atoms with Crippen LogP contribution in [0.4, 0.5) is 11.8 Å². The molecule has 0 bridgehead atoms. The van der Waals surface area contributed by atoms with Gasteiger partial charge in [-0.15, -0.1) is 0 Å². The molecule has 0 fully saturated rings. The molecule has 0 radical (unpaired) electrons. The molecule has 0 aliphatic rings. The maximum atomic E-state index is 9.68. The van der Waals surface area contributed by atoms with Crippen molar-refractivity contribution in [2.24, 2.45) is 0 Å². The Morgan fingerprint density at radius 3 is 2.71 bits per heavy atom. The van der Waals surface area contributed by atoms with Crippen molar-refractivity contribution < 1.29 is 5.11 Å². The van der Waals surface area contributed by atoms with Crippen molar-refractivity contribution in [3.8, 4) is 0 Å². The Labute approximate surface area is 99.7 Å². The van der Waals surface area contributed by atoms with Crippen molar-refractivity contribution >= 4 is 22.7 Å². The number of anilines is 2. The summed E-state index contributed by atoms with van der Waals surface area (Å²) >= 11 is 0. The molecule has 0 spiro atoms. The first-order valence-corrected chi connectivity index (χ1v) is 5.44. The van der Waals surface area contributed by atoms with Crippen molar-refractivity contribution in [1.29, 1.82) is 0 Å². The molecule has 4 N–H and O–H groups in total. The summed E-state index contributed by atoms with van der Waals surface area (Å²) < 4.78 is 0. The molecule has 0 saturated heterocycles. The van der Waals surface area contributed by atoms with E-state index < -0.39 is 5.60 Å². The van der Waals surface area contributed by atoms with E-state index in [1.165, 1.54) is 0 Å². The predicted octanol–water partition coefficient (Wildman–Crippen LogP) is 1.39. The van der Waals surface area contributed by atoms with Crippen LogP contribution < -0.4 is 11.1 Å². The lowest BCUT2D eigenvalue weighted by molar-refractivity contribution is 0.0944. The lowest BCUT2D eigenvalue weighted by Crippen LogP contribution is -2.29. The standard InChI is InChI=1S/C12H16N4O/c1-12(2,17)7-14-10-8-5-3-4-6-9(8)15-11(13)16-10/h3-6,17H,7H2,1-2H3,(H3,13,14,15,16). The maximum absolute atomic E-state index is 9.68. The molecule has 0 amide bonds. The Kier molecular flexibility index (Phi) is 2.85. The van der Waals surface area contributed by atoms with Crippen LogP contribution in [0.15, 0.2) is 24.3 Å². The second-order valence-corrected chi connectivity index (χ2v) is 4.61. The van der Waals surface area contributed by atoms with Gasteiger partial charge in [-0.25, -0.2) is 4.98 Å². The molecule has 5 heteroatoms. The number of benzene rings is 1. The highest BCUT2D eigenvalue weighted by Gasteiger charge is 2.13. The van der Waals surface area contributed by atoms with Gasteiger partial charge in [-0.2, -0.15) is 4.98 Å². The Morgan fingerprint density at radius 1 is 1.29 bits per heavy atom. The number of fused-ring (bicyclic) bond motifs is 1. The largest absolute Gasteiger partial charge is 0.389 e. The molecular weight excluding hydrogens is 216 g/mol. The van der Waals surface area contributed by atoms with Crippen LogP contribution >= 0.6 is 0 Å². The van der Waals surface area contributed by atoms with E-state index >= 15 is 0 Å². The van der Waals surface area contributed by atoms with Gasteiger partial charge in [-0.05, 0) is 26.0 Å². The van der Waals surface area contributed by atoms with Gasteiger partial charge in [-0.3, -0.25) is 0 Å². The second kappa shape index (κ2) is 4.18. The van der Waals surface area contributed by atoms with Gasteiger partial charge in [-0.1, -0.05) is 12.1 Å². The Balaban J connectivity index is 2.39. The fourth-order valence-corrected chi connectivity index (χ4v) is 1.53. The molecule has 0 saturated carbocycles. The van der Waals surface area contributed by atoms with E-state index in [0.717, 1.165) is 10.9 Å². The van der Waals surface area contributed by atoms with Crippen LogP contribution in [0.3, 0.4) is 0 Å².